The number of aliphatic hydroxyl groups is 1. The molecule has 23 heavy (non-hydrogen) atoms. The van der Waals surface area contributed by atoms with Gasteiger partial charge in [-0.2, -0.15) is 0 Å². The highest BCUT2D eigenvalue weighted by Gasteiger charge is 2.25. The third kappa shape index (κ3) is 4.40. The Hall–Kier alpha value is -1.71. The molecule has 0 bridgehead atoms. The molecular weight excluding hydrogens is 289 g/mol. The highest BCUT2D eigenvalue weighted by molar-refractivity contribution is 5.19. The van der Waals surface area contributed by atoms with Gasteiger partial charge in [0.1, 0.15) is 5.82 Å². The van der Waals surface area contributed by atoms with Crippen molar-refractivity contribution in [2.45, 2.75) is 44.4 Å². The Morgan fingerprint density at radius 2 is 1.78 bits per heavy atom. The zero-order chi connectivity index (χ0) is 16.1. The first-order valence-corrected chi connectivity index (χ1v) is 8.44. The van der Waals surface area contributed by atoms with E-state index in [1.165, 1.54) is 30.5 Å². The highest BCUT2D eigenvalue weighted by atomic mass is 19.1. The minimum atomic E-state index is -0.531. The Morgan fingerprint density at radius 3 is 2.52 bits per heavy atom. The first kappa shape index (κ1) is 16.2. The van der Waals surface area contributed by atoms with Crippen molar-refractivity contribution in [3.05, 3.63) is 71.5 Å². The Bertz CT molecular complexity index is 599. The largest absolute Gasteiger partial charge is 0.388 e. The molecular formula is C20H24FNO. The average Bonchev–Trinajstić information content (AvgIpc) is 2.58. The third-order valence-electron chi connectivity index (χ3n) is 4.73. The predicted octanol–water partition coefficient (Wildman–Crippen LogP) is 4.30. The second-order valence-corrected chi connectivity index (χ2v) is 6.41. The summed E-state index contributed by atoms with van der Waals surface area (Å²) < 4.78 is 13.0. The Morgan fingerprint density at radius 1 is 1.04 bits per heavy atom. The molecule has 0 aliphatic carbocycles. The van der Waals surface area contributed by atoms with Crippen LogP contribution in [-0.4, -0.2) is 22.6 Å². The monoisotopic (exact) mass is 313 g/mol. The molecule has 2 atom stereocenters. The van der Waals surface area contributed by atoms with Gasteiger partial charge in [0.25, 0.3) is 0 Å². The van der Waals surface area contributed by atoms with Gasteiger partial charge < -0.3 is 5.11 Å². The summed E-state index contributed by atoms with van der Waals surface area (Å²) >= 11 is 0. The Kier molecular flexibility index (Phi) is 5.42. The molecule has 2 nitrogen and oxygen atoms in total. The van der Waals surface area contributed by atoms with Gasteiger partial charge in [-0.1, -0.05) is 48.9 Å². The highest BCUT2D eigenvalue weighted by Crippen LogP contribution is 2.28. The standard InChI is InChI=1S/C20H24FNO/c21-18-11-9-17(10-12-18)20(23)14-19-8-4-5-13-22(19)15-16-6-2-1-3-7-16/h1-3,6-7,9-12,19-20,23H,4-5,8,13-15H2. The summed E-state index contributed by atoms with van der Waals surface area (Å²) in [6.07, 6.45) is 3.73. The van der Waals surface area contributed by atoms with E-state index < -0.39 is 6.10 Å². The van der Waals surface area contributed by atoms with Crippen molar-refractivity contribution in [1.82, 2.24) is 4.90 Å². The molecule has 0 amide bonds. The average molecular weight is 313 g/mol. The molecule has 1 N–H and O–H groups in total. The van der Waals surface area contributed by atoms with Gasteiger partial charge in [-0.3, -0.25) is 4.90 Å². The van der Waals surface area contributed by atoms with E-state index in [9.17, 15) is 9.50 Å². The van der Waals surface area contributed by atoms with Gasteiger partial charge in [-0.05, 0) is 49.1 Å². The van der Waals surface area contributed by atoms with E-state index >= 15 is 0 Å². The van der Waals surface area contributed by atoms with E-state index in [0.717, 1.165) is 25.1 Å². The number of likely N-dealkylation sites (tertiary alicyclic amines) is 1. The lowest BCUT2D eigenvalue weighted by molar-refractivity contribution is 0.0736. The molecule has 1 saturated heterocycles. The summed E-state index contributed by atoms with van der Waals surface area (Å²) in [5, 5.41) is 10.5. The molecule has 1 aliphatic heterocycles. The van der Waals surface area contributed by atoms with Crippen LogP contribution in [0.2, 0.25) is 0 Å². The summed E-state index contributed by atoms with van der Waals surface area (Å²) in [6.45, 7) is 2.01. The van der Waals surface area contributed by atoms with Crippen molar-refractivity contribution in [2.75, 3.05) is 6.54 Å². The number of piperidine rings is 1. The summed E-state index contributed by atoms with van der Waals surface area (Å²) in [4.78, 5) is 2.48. The van der Waals surface area contributed by atoms with Crippen LogP contribution in [0.4, 0.5) is 4.39 Å². The molecule has 0 aromatic heterocycles. The molecule has 122 valence electrons. The van der Waals surface area contributed by atoms with E-state index in [-0.39, 0.29) is 5.82 Å². The third-order valence-corrected chi connectivity index (χ3v) is 4.73. The molecule has 1 heterocycles. The van der Waals surface area contributed by atoms with E-state index in [4.69, 9.17) is 0 Å². The maximum Gasteiger partial charge on any atom is 0.123 e. The minimum Gasteiger partial charge on any atom is -0.388 e. The van der Waals surface area contributed by atoms with E-state index in [2.05, 4.69) is 29.2 Å². The van der Waals surface area contributed by atoms with Gasteiger partial charge in [0, 0.05) is 12.6 Å². The van der Waals surface area contributed by atoms with Crippen molar-refractivity contribution in [3.8, 4) is 0 Å². The lowest BCUT2D eigenvalue weighted by Gasteiger charge is -2.37. The molecule has 2 aromatic rings. The van der Waals surface area contributed by atoms with E-state index in [0.29, 0.717) is 12.5 Å². The second-order valence-electron chi connectivity index (χ2n) is 6.41. The van der Waals surface area contributed by atoms with Crippen LogP contribution in [0.3, 0.4) is 0 Å². The molecule has 1 fully saturated rings. The smallest absolute Gasteiger partial charge is 0.123 e. The fraction of sp³-hybridized carbons (Fsp3) is 0.400. The summed E-state index contributed by atoms with van der Waals surface area (Å²) in [6, 6.07) is 17.1. The zero-order valence-corrected chi connectivity index (χ0v) is 13.4. The second kappa shape index (κ2) is 7.71. The van der Waals surface area contributed by atoms with Crippen molar-refractivity contribution >= 4 is 0 Å². The van der Waals surface area contributed by atoms with Crippen LogP contribution < -0.4 is 0 Å². The number of hydrogen-bond donors (Lipinski definition) is 1. The van der Waals surface area contributed by atoms with Crippen LogP contribution in [0, 0.1) is 5.82 Å². The predicted molar refractivity (Wildman–Crippen MR) is 90.5 cm³/mol. The molecule has 0 saturated carbocycles. The molecule has 2 unspecified atom stereocenters. The van der Waals surface area contributed by atoms with Crippen molar-refractivity contribution in [3.63, 3.8) is 0 Å². The fourth-order valence-electron chi connectivity index (χ4n) is 3.43. The van der Waals surface area contributed by atoms with Crippen LogP contribution in [0.5, 0.6) is 0 Å². The number of hydrogen-bond acceptors (Lipinski definition) is 2. The first-order chi connectivity index (χ1) is 11.2. The van der Waals surface area contributed by atoms with Gasteiger partial charge in [-0.25, -0.2) is 4.39 Å². The van der Waals surface area contributed by atoms with Gasteiger partial charge in [0.2, 0.25) is 0 Å². The number of aliphatic hydroxyl groups excluding tert-OH is 1. The molecule has 1 aliphatic rings. The lowest BCUT2D eigenvalue weighted by Crippen LogP contribution is -2.39. The lowest BCUT2D eigenvalue weighted by atomic mass is 9.93. The van der Waals surface area contributed by atoms with Crippen LogP contribution in [-0.2, 0) is 6.54 Å². The van der Waals surface area contributed by atoms with Gasteiger partial charge >= 0.3 is 0 Å². The Labute approximate surface area is 137 Å². The van der Waals surface area contributed by atoms with Crippen LogP contribution in [0.25, 0.3) is 0 Å². The van der Waals surface area contributed by atoms with E-state index in [1.807, 2.05) is 6.07 Å². The topological polar surface area (TPSA) is 23.5 Å². The number of benzene rings is 2. The zero-order valence-electron chi connectivity index (χ0n) is 13.4. The molecule has 3 heteroatoms. The molecule has 3 rings (SSSR count). The van der Waals surface area contributed by atoms with Crippen molar-refractivity contribution in [2.24, 2.45) is 0 Å². The number of halogens is 1. The minimum absolute atomic E-state index is 0.260. The van der Waals surface area contributed by atoms with Crippen LogP contribution in [0.1, 0.15) is 42.9 Å². The Balaban J connectivity index is 1.65. The first-order valence-electron chi connectivity index (χ1n) is 8.44. The van der Waals surface area contributed by atoms with Crippen LogP contribution >= 0.6 is 0 Å². The van der Waals surface area contributed by atoms with Gasteiger partial charge in [-0.15, -0.1) is 0 Å². The van der Waals surface area contributed by atoms with Gasteiger partial charge in [0.05, 0.1) is 6.10 Å². The summed E-state index contributed by atoms with van der Waals surface area (Å²) in [5.41, 5.74) is 2.12. The molecule has 0 spiro atoms. The number of rotatable bonds is 5. The van der Waals surface area contributed by atoms with Gasteiger partial charge in [0.15, 0.2) is 0 Å². The maximum atomic E-state index is 13.0. The summed E-state index contributed by atoms with van der Waals surface area (Å²) in [7, 11) is 0. The normalized spacial score (nSPS) is 20.3. The summed E-state index contributed by atoms with van der Waals surface area (Å²) in [5.74, 6) is -0.260. The quantitative estimate of drug-likeness (QED) is 0.889. The van der Waals surface area contributed by atoms with Crippen molar-refractivity contribution < 1.29 is 9.50 Å². The number of nitrogens with zero attached hydrogens (tertiary/aromatic N) is 1. The van der Waals surface area contributed by atoms with Crippen LogP contribution in [0.15, 0.2) is 54.6 Å². The maximum absolute atomic E-state index is 13.0. The SMILES string of the molecule is OC(CC1CCCCN1Cc1ccccc1)c1ccc(F)cc1. The molecule has 0 radical (unpaired) electrons. The molecule has 2 aromatic carbocycles. The fourth-order valence-corrected chi connectivity index (χ4v) is 3.43. The van der Waals surface area contributed by atoms with Crippen molar-refractivity contribution in [1.29, 1.82) is 0 Å². The van der Waals surface area contributed by atoms with E-state index in [1.54, 1.807) is 12.1 Å².